The van der Waals surface area contributed by atoms with Crippen LogP contribution in [-0.2, 0) is 5.54 Å². The second kappa shape index (κ2) is 9.52. The quantitative estimate of drug-likeness (QED) is 0.572. The smallest absolute Gasteiger partial charge is 0.268 e. The number of hydrogen-bond acceptors (Lipinski definition) is 5. The molecule has 0 bridgehead atoms. The minimum Gasteiger partial charge on any atom is -0.494 e. The SMILES string of the molecule is CC.COc1ccc(C(N)(C[N+](=O)[O-])C(F)F)nc1-c1ccc(F)c(Cl)c1. The van der Waals surface area contributed by atoms with E-state index in [1.54, 1.807) is 0 Å². The Hall–Kier alpha value is -2.39. The number of pyridine rings is 1. The molecule has 0 radical (unpaired) electrons. The molecule has 0 saturated heterocycles. The molecule has 0 fully saturated rings. The van der Waals surface area contributed by atoms with Crippen molar-refractivity contribution in [2.75, 3.05) is 13.7 Å². The Morgan fingerprint density at radius 3 is 2.44 bits per heavy atom. The van der Waals surface area contributed by atoms with Crippen LogP contribution >= 0.6 is 11.6 Å². The molecule has 1 aromatic heterocycles. The molecule has 2 aromatic rings. The largest absolute Gasteiger partial charge is 0.494 e. The predicted molar refractivity (Wildman–Crippen MR) is 96.3 cm³/mol. The highest BCUT2D eigenvalue weighted by molar-refractivity contribution is 6.31. The molecular weight excluding hydrogens is 387 g/mol. The molecule has 0 saturated carbocycles. The summed E-state index contributed by atoms with van der Waals surface area (Å²) in [5.41, 5.74) is 2.93. The molecule has 0 amide bonds. The number of alkyl halides is 2. The number of nitro groups is 1. The van der Waals surface area contributed by atoms with Crippen LogP contribution in [0.4, 0.5) is 13.2 Å². The van der Waals surface area contributed by atoms with Crippen LogP contribution in [0.2, 0.25) is 5.02 Å². The van der Waals surface area contributed by atoms with E-state index in [2.05, 4.69) is 4.98 Å². The number of benzene rings is 1. The van der Waals surface area contributed by atoms with Gasteiger partial charge in [-0.15, -0.1) is 0 Å². The first-order chi connectivity index (χ1) is 12.7. The molecule has 0 aliphatic rings. The topological polar surface area (TPSA) is 91.3 Å². The van der Waals surface area contributed by atoms with Crippen molar-refractivity contribution in [1.82, 2.24) is 4.98 Å². The zero-order chi connectivity index (χ0) is 20.8. The first kappa shape index (κ1) is 22.7. The molecule has 1 unspecified atom stereocenters. The third-order valence-corrected chi connectivity index (χ3v) is 3.82. The lowest BCUT2D eigenvalue weighted by Crippen LogP contribution is -2.50. The second-order valence-electron chi connectivity index (χ2n) is 5.21. The van der Waals surface area contributed by atoms with Gasteiger partial charge in [-0.3, -0.25) is 10.1 Å². The lowest BCUT2D eigenvalue weighted by Gasteiger charge is -2.24. The van der Waals surface area contributed by atoms with Crippen LogP contribution < -0.4 is 10.5 Å². The van der Waals surface area contributed by atoms with E-state index >= 15 is 0 Å². The Labute approximate surface area is 159 Å². The van der Waals surface area contributed by atoms with Crippen LogP contribution in [0.5, 0.6) is 5.75 Å². The number of nitrogens with two attached hydrogens (primary N) is 1. The molecule has 2 rings (SSSR count). The number of aromatic nitrogens is 1. The van der Waals surface area contributed by atoms with Gasteiger partial charge in [0, 0.05) is 10.5 Å². The minimum absolute atomic E-state index is 0.0562. The molecule has 27 heavy (non-hydrogen) atoms. The van der Waals surface area contributed by atoms with Gasteiger partial charge in [0.1, 0.15) is 17.3 Å². The van der Waals surface area contributed by atoms with Crippen LogP contribution in [0.1, 0.15) is 19.5 Å². The van der Waals surface area contributed by atoms with Crippen molar-refractivity contribution < 1.29 is 22.8 Å². The van der Waals surface area contributed by atoms with E-state index in [1.807, 2.05) is 13.8 Å². The van der Waals surface area contributed by atoms with Crippen molar-refractivity contribution in [2.24, 2.45) is 5.73 Å². The number of hydrogen-bond donors (Lipinski definition) is 1. The van der Waals surface area contributed by atoms with Crippen molar-refractivity contribution in [2.45, 2.75) is 25.8 Å². The second-order valence-corrected chi connectivity index (χ2v) is 5.62. The highest BCUT2D eigenvalue weighted by atomic mass is 35.5. The third-order valence-electron chi connectivity index (χ3n) is 3.53. The zero-order valence-corrected chi connectivity index (χ0v) is 15.6. The van der Waals surface area contributed by atoms with Gasteiger partial charge in [0.25, 0.3) is 6.43 Å². The van der Waals surface area contributed by atoms with Gasteiger partial charge in [0.2, 0.25) is 6.54 Å². The van der Waals surface area contributed by atoms with Gasteiger partial charge in [-0.2, -0.15) is 0 Å². The fraction of sp³-hybridized carbons (Fsp3) is 0.353. The Morgan fingerprint density at radius 2 is 1.96 bits per heavy atom. The van der Waals surface area contributed by atoms with E-state index in [0.29, 0.717) is 0 Å². The van der Waals surface area contributed by atoms with Crippen LogP contribution in [0, 0.1) is 15.9 Å². The average Bonchev–Trinajstić information content (AvgIpc) is 2.64. The first-order valence-corrected chi connectivity index (χ1v) is 8.26. The average molecular weight is 406 g/mol. The standard InChI is InChI=1S/C15H13ClF3N3O3.C2H6/c1-25-11-4-5-12(15(20,14(18)19)7-22(23)24)21-13(11)8-2-3-10(17)9(16)6-8;1-2/h2-6,14H,7,20H2,1H3;1-2H3. The van der Waals surface area contributed by atoms with Crippen molar-refractivity contribution >= 4 is 11.6 Å². The highest BCUT2D eigenvalue weighted by Crippen LogP contribution is 2.34. The summed E-state index contributed by atoms with van der Waals surface area (Å²) in [6, 6.07) is 6.07. The Kier molecular flexibility index (Phi) is 7.98. The third kappa shape index (κ3) is 5.08. The molecular formula is C17H19ClF3N3O3. The molecule has 0 aliphatic carbocycles. The van der Waals surface area contributed by atoms with Crippen molar-refractivity contribution in [1.29, 1.82) is 0 Å². The molecule has 0 spiro atoms. The summed E-state index contributed by atoms with van der Waals surface area (Å²) in [5, 5.41) is 10.5. The van der Waals surface area contributed by atoms with E-state index in [9.17, 15) is 23.3 Å². The van der Waals surface area contributed by atoms with Crippen LogP contribution in [0.25, 0.3) is 11.3 Å². The van der Waals surface area contributed by atoms with Crippen LogP contribution in [0.3, 0.4) is 0 Å². The van der Waals surface area contributed by atoms with E-state index in [4.69, 9.17) is 22.1 Å². The molecule has 10 heteroatoms. The maximum Gasteiger partial charge on any atom is 0.268 e. The van der Waals surface area contributed by atoms with E-state index < -0.39 is 34.9 Å². The van der Waals surface area contributed by atoms with Gasteiger partial charge < -0.3 is 10.5 Å². The van der Waals surface area contributed by atoms with Crippen molar-refractivity contribution in [3.8, 4) is 17.0 Å². The van der Waals surface area contributed by atoms with Crippen LogP contribution in [0.15, 0.2) is 30.3 Å². The monoisotopic (exact) mass is 405 g/mol. The summed E-state index contributed by atoms with van der Waals surface area (Å²) < 4.78 is 45.2. The zero-order valence-electron chi connectivity index (χ0n) is 14.9. The van der Waals surface area contributed by atoms with Crippen molar-refractivity contribution in [3.63, 3.8) is 0 Å². The fourth-order valence-corrected chi connectivity index (χ4v) is 2.38. The van der Waals surface area contributed by atoms with Gasteiger partial charge in [-0.05, 0) is 30.3 Å². The molecule has 6 nitrogen and oxygen atoms in total. The van der Waals surface area contributed by atoms with Gasteiger partial charge in [0.05, 0.1) is 17.8 Å². The summed E-state index contributed by atoms with van der Waals surface area (Å²) >= 11 is 5.73. The Balaban J connectivity index is 0.00000176. The maximum atomic E-state index is 13.4. The number of methoxy groups -OCH3 is 1. The summed E-state index contributed by atoms with van der Waals surface area (Å²) in [5.74, 6) is -0.487. The fourth-order valence-electron chi connectivity index (χ4n) is 2.20. The normalized spacial score (nSPS) is 12.8. The Morgan fingerprint density at radius 1 is 1.33 bits per heavy atom. The van der Waals surface area contributed by atoms with Gasteiger partial charge >= 0.3 is 0 Å². The molecule has 1 heterocycles. The number of halogens is 4. The highest BCUT2D eigenvalue weighted by Gasteiger charge is 2.44. The predicted octanol–water partition coefficient (Wildman–Crippen LogP) is 4.27. The van der Waals surface area contributed by atoms with E-state index in [0.717, 1.165) is 12.1 Å². The van der Waals surface area contributed by atoms with Crippen LogP contribution in [-0.4, -0.2) is 30.0 Å². The molecule has 148 valence electrons. The summed E-state index contributed by atoms with van der Waals surface area (Å²) in [6.07, 6.45) is -3.23. The molecule has 2 N–H and O–H groups in total. The number of rotatable bonds is 6. The lowest BCUT2D eigenvalue weighted by atomic mass is 9.95. The molecule has 1 atom stereocenters. The minimum atomic E-state index is -3.23. The molecule has 1 aromatic carbocycles. The van der Waals surface area contributed by atoms with Gasteiger partial charge in [-0.25, -0.2) is 18.2 Å². The lowest BCUT2D eigenvalue weighted by molar-refractivity contribution is -0.494. The maximum absolute atomic E-state index is 13.4. The van der Waals surface area contributed by atoms with Crippen molar-refractivity contribution in [3.05, 3.63) is 57.0 Å². The Bertz CT molecular complexity index is 808. The first-order valence-electron chi connectivity index (χ1n) is 7.88. The number of nitrogens with zero attached hydrogens (tertiary/aromatic N) is 2. The summed E-state index contributed by atoms with van der Waals surface area (Å²) in [4.78, 5) is 13.8. The summed E-state index contributed by atoms with van der Waals surface area (Å²) in [7, 11) is 1.32. The molecule has 0 aliphatic heterocycles. The van der Waals surface area contributed by atoms with E-state index in [-0.39, 0.29) is 22.0 Å². The number of ether oxygens (including phenoxy) is 1. The van der Waals surface area contributed by atoms with Gasteiger partial charge in [0.15, 0.2) is 5.54 Å². The summed E-state index contributed by atoms with van der Waals surface area (Å²) in [6.45, 7) is 2.79. The van der Waals surface area contributed by atoms with E-state index in [1.165, 1.54) is 25.3 Å². The van der Waals surface area contributed by atoms with Gasteiger partial charge in [-0.1, -0.05) is 25.4 Å².